The Kier molecular flexibility index (Phi) is 4.32. The van der Waals surface area contributed by atoms with E-state index in [0.29, 0.717) is 24.4 Å². The van der Waals surface area contributed by atoms with Crippen molar-refractivity contribution in [2.75, 3.05) is 19.6 Å². The highest BCUT2D eigenvalue weighted by Gasteiger charge is 2.44. The van der Waals surface area contributed by atoms with Crippen LogP contribution in [0.2, 0.25) is 5.02 Å². The first-order valence-corrected chi connectivity index (χ1v) is 8.01. The monoisotopic (exact) mass is 304 g/mol. The standard InChI is InChI=1S/C17H21ClN2O/c1-2-17(21)19-11-15-10-16(12-19)20(15)8-4-6-13-5-3-7-14(18)9-13/h3-7,9,15-16H,2,8,10-12H2,1H3/b6-4+. The molecular weight excluding hydrogens is 284 g/mol. The predicted molar refractivity (Wildman–Crippen MR) is 86.3 cm³/mol. The average Bonchev–Trinajstić information content (AvgIpc) is 2.50. The Morgan fingerprint density at radius 2 is 2.14 bits per heavy atom. The number of carbonyl (C=O) groups is 1. The van der Waals surface area contributed by atoms with Crippen molar-refractivity contribution in [1.29, 1.82) is 0 Å². The molecule has 0 spiro atoms. The van der Waals surface area contributed by atoms with Gasteiger partial charge in [-0.1, -0.05) is 42.8 Å². The minimum atomic E-state index is 0.291. The van der Waals surface area contributed by atoms with E-state index in [1.165, 1.54) is 6.42 Å². The molecule has 1 amide bonds. The van der Waals surface area contributed by atoms with Crippen molar-refractivity contribution in [2.45, 2.75) is 31.8 Å². The first kappa shape index (κ1) is 14.6. The van der Waals surface area contributed by atoms with Crippen molar-refractivity contribution in [3.05, 3.63) is 40.9 Å². The summed E-state index contributed by atoms with van der Waals surface area (Å²) in [4.78, 5) is 16.3. The smallest absolute Gasteiger partial charge is 0.222 e. The molecule has 0 saturated carbocycles. The van der Waals surface area contributed by atoms with Gasteiger partial charge >= 0.3 is 0 Å². The zero-order valence-electron chi connectivity index (χ0n) is 12.3. The number of carbonyl (C=O) groups excluding carboxylic acids is 1. The molecule has 3 nitrogen and oxygen atoms in total. The number of halogens is 1. The summed E-state index contributed by atoms with van der Waals surface area (Å²) in [6, 6.07) is 8.97. The molecule has 3 fully saturated rings. The van der Waals surface area contributed by atoms with Gasteiger partial charge in [0.05, 0.1) is 0 Å². The summed E-state index contributed by atoms with van der Waals surface area (Å²) in [6.07, 6.45) is 6.17. The van der Waals surface area contributed by atoms with Crippen LogP contribution in [0.5, 0.6) is 0 Å². The fourth-order valence-corrected chi connectivity index (χ4v) is 3.53. The second-order valence-electron chi connectivity index (χ2n) is 5.85. The summed E-state index contributed by atoms with van der Waals surface area (Å²) in [5, 5.41) is 0.770. The van der Waals surface area contributed by atoms with Crippen molar-refractivity contribution in [3.63, 3.8) is 0 Å². The topological polar surface area (TPSA) is 23.6 Å². The molecule has 2 bridgehead atoms. The van der Waals surface area contributed by atoms with Gasteiger partial charge in [-0.3, -0.25) is 9.69 Å². The number of nitrogens with zero attached hydrogens (tertiary/aromatic N) is 2. The van der Waals surface area contributed by atoms with E-state index in [4.69, 9.17) is 11.6 Å². The third-order valence-corrected chi connectivity index (χ3v) is 4.71. The fraction of sp³-hybridized carbons (Fsp3) is 0.471. The molecule has 3 heterocycles. The van der Waals surface area contributed by atoms with Crippen LogP contribution >= 0.6 is 11.6 Å². The number of piperidine rings is 1. The van der Waals surface area contributed by atoms with Gasteiger partial charge in [0, 0.05) is 43.2 Å². The van der Waals surface area contributed by atoms with Crippen molar-refractivity contribution < 1.29 is 4.79 Å². The van der Waals surface area contributed by atoms with Gasteiger partial charge in [-0.25, -0.2) is 0 Å². The highest BCUT2D eigenvalue weighted by molar-refractivity contribution is 6.30. The Hall–Kier alpha value is -1.32. The van der Waals surface area contributed by atoms with Gasteiger partial charge < -0.3 is 4.90 Å². The molecule has 0 aromatic heterocycles. The van der Waals surface area contributed by atoms with Gasteiger partial charge in [0.15, 0.2) is 0 Å². The lowest BCUT2D eigenvalue weighted by Gasteiger charge is -2.56. The largest absolute Gasteiger partial charge is 0.340 e. The summed E-state index contributed by atoms with van der Waals surface area (Å²) in [5.74, 6) is 0.291. The van der Waals surface area contributed by atoms with Gasteiger partial charge in [0.1, 0.15) is 0 Å². The van der Waals surface area contributed by atoms with Gasteiger partial charge in [-0.2, -0.15) is 0 Å². The van der Waals surface area contributed by atoms with Crippen molar-refractivity contribution in [3.8, 4) is 0 Å². The van der Waals surface area contributed by atoms with E-state index in [2.05, 4.69) is 23.1 Å². The maximum Gasteiger partial charge on any atom is 0.222 e. The molecule has 1 aromatic carbocycles. The average molecular weight is 305 g/mol. The molecular formula is C17H21ClN2O. The predicted octanol–water partition coefficient (Wildman–Crippen LogP) is 3.05. The number of hydrogen-bond donors (Lipinski definition) is 0. The van der Waals surface area contributed by atoms with Crippen molar-refractivity contribution >= 4 is 23.6 Å². The molecule has 0 aliphatic carbocycles. The van der Waals surface area contributed by atoms with Crippen LogP contribution in [0, 0.1) is 0 Å². The van der Waals surface area contributed by atoms with Crippen LogP contribution in [0.25, 0.3) is 6.08 Å². The molecule has 2 atom stereocenters. The summed E-state index contributed by atoms with van der Waals surface area (Å²) in [5.41, 5.74) is 1.14. The summed E-state index contributed by atoms with van der Waals surface area (Å²) >= 11 is 5.98. The highest BCUT2D eigenvalue weighted by atomic mass is 35.5. The molecule has 1 aromatic rings. The third kappa shape index (κ3) is 3.14. The number of rotatable bonds is 4. The lowest BCUT2D eigenvalue weighted by molar-refractivity contribution is -0.142. The number of benzene rings is 1. The van der Waals surface area contributed by atoms with E-state index < -0.39 is 0 Å². The Labute approximate surface area is 131 Å². The number of amides is 1. The van der Waals surface area contributed by atoms with Crippen LogP contribution in [-0.2, 0) is 4.79 Å². The summed E-state index contributed by atoms with van der Waals surface area (Å²) in [6.45, 7) is 4.69. The molecule has 2 unspecified atom stereocenters. The first-order chi connectivity index (χ1) is 10.2. The molecule has 0 N–H and O–H groups in total. The van der Waals surface area contributed by atoms with Gasteiger partial charge in [-0.15, -0.1) is 0 Å². The minimum Gasteiger partial charge on any atom is -0.340 e. The molecule has 112 valence electrons. The SMILES string of the molecule is CCC(=O)N1CC2CC(C1)N2C/C=C/c1cccc(Cl)c1. The fourth-order valence-electron chi connectivity index (χ4n) is 3.33. The lowest BCUT2D eigenvalue weighted by Crippen LogP contribution is -2.69. The number of piperazine rings is 1. The molecule has 3 aliphatic heterocycles. The van der Waals surface area contributed by atoms with Crippen molar-refractivity contribution in [2.24, 2.45) is 0 Å². The van der Waals surface area contributed by atoms with Crippen LogP contribution in [0.4, 0.5) is 0 Å². The summed E-state index contributed by atoms with van der Waals surface area (Å²) in [7, 11) is 0. The second kappa shape index (κ2) is 6.20. The van der Waals surface area contributed by atoms with Crippen LogP contribution in [-0.4, -0.2) is 47.4 Å². The molecule has 3 saturated heterocycles. The van der Waals surface area contributed by atoms with E-state index in [-0.39, 0.29) is 0 Å². The maximum atomic E-state index is 11.8. The first-order valence-electron chi connectivity index (χ1n) is 7.63. The zero-order chi connectivity index (χ0) is 14.8. The second-order valence-corrected chi connectivity index (χ2v) is 6.29. The zero-order valence-corrected chi connectivity index (χ0v) is 13.1. The molecule has 0 radical (unpaired) electrons. The molecule has 3 aliphatic rings. The Balaban J connectivity index is 1.53. The molecule has 4 rings (SSSR count). The van der Waals surface area contributed by atoms with Crippen LogP contribution in [0.15, 0.2) is 30.3 Å². The number of fused-ring (bicyclic) bond motifs is 2. The van der Waals surface area contributed by atoms with Crippen molar-refractivity contribution in [1.82, 2.24) is 9.80 Å². The van der Waals surface area contributed by atoms with Crippen LogP contribution in [0.1, 0.15) is 25.3 Å². The van der Waals surface area contributed by atoms with Gasteiger partial charge in [0.2, 0.25) is 5.91 Å². The van der Waals surface area contributed by atoms with E-state index in [9.17, 15) is 4.79 Å². The van der Waals surface area contributed by atoms with Gasteiger partial charge in [0.25, 0.3) is 0 Å². The minimum absolute atomic E-state index is 0.291. The van der Waals surface area contributed by atoms with Crippen LogP contribution in [0.3, 0.4) is 0 Å². The maximum absolute atomic E-state index is 11.8. The normalized spacial score (nSPS) is 25.1. The van der Waals surface area contributed by atoms with E-state index >= 15 is 0 Å². The number of hydrogen-bond acceptors (Lipinski definition) is 2. The highest BCUT2D eigenvalue weighted by Crippen LogP contribution is 2.32. The van der Waals surface area contributed by atoms with E-state index in [1.54, 1.807) is 0 Å². The third-order valence-electron chi connectivity index (χ3n) is 4.47. The van der Waals surface area contributed by atoms with Gasteiger partial charge in [-0.05, 0) is 24.1 Å². The molecule has 21 heavy (non-hydrogen) atoms. The lowest BCUT2D eigenvalue weighted by atomic mass is 9.87. The van der Waals surface area contributed by atoms with Crippen LogP contribution < -0.4 is 0 Å². The quantitative estimate of drug-likeness (QED) is 0.853. The van der Waals surface area contributed by atoms with E-state index in [0.717, 1.165) is 30.2 Å². The Morgan fingerprint density at radius 3 is 2.81 bits per heavy atom. The molecule has 4 heteroatoms. The Bertz CT molecular complexity index is 545. The Morgan fingerprint density at radius 1 is 1.38 bits per heavy atom. The summed E-state index contributed by atoms with van der Waals surface area (Å²) < 4.78 is 0. The van der Waals surface area contributed by atoms with E-state index in [1.807, 2.05) is 30.0 Å².